The molecule has 7 rings (SSSR count). The maximum atomic E-state index is 13.2. The van der Waals surface area contributed by atoms with E-state index in [2.05, 4.69) is 50.1 Å². The minimum atomic E-state index is -0.618. The fourth-order valence-electron chi connectivity index (χ4n) is 6.58. The van der Waals surface area contributed by atoms with E-state index < -0.39 is 11.9 Å². The molecule has 194 valence electrons. The molecule has 38 heavy (non-hydrogen) atoms. The summed E-state index contributed by atoms with van der Waals surface area (Å²) in [5.41, 5.74) is 5.04. The SMILES string of the molecule is O=C1CCC(N2Cc3c(ccc4c3OCC43CCN(Cc4ccccc4-n4ccnc4)CC3)C2=O)C(=O)N1. The van der Waals surface area contributed by atoms with Crippen LogP contribution in [-0.4, -0.2) is 62.8 Å². The van der Waals surface area contributed by atoms with Gasteiger partial charge in [0.25, 0.3) is 5.91 Å². The highest BCUT2D eigenvalue weighted by atomic mass is 16.5. The van der Waals surface area contributed by atoms with Crippen LogP contribution < -0.4 is 10.1 Å². The molecule has 1 unspecified atom stereocenters. The Morgan fingerprint density at radius 1 is 1.08 bits per heavy atom. The summed E-state index contributed by atoms with van der Waals surface area (Å²) in [5.74, 6) is -0.00525. The lowest BCUT2D eigenvalue weighted by molar-refractivity contribution is -0.136. The van der Waals surface area contributed by atoms with Crippen LogP contribution in [0.3, 0.4) is 0 Å². The van der Waals surface area contributed by atoms with Crippen LogP contribution in [-0.2, 0) is 28.1 Å². The molecule has 0 bridgehead atoms. The highest BCUT2D eigenvalue weighted by molar-refractivity contribution is 6.05. The summed E-state index contributed by atoms with van der Waals surface area (Å²) < 4.78 is 8.38. The minimum absolute atomic E-state index is 0.0597. The summed E-state index contributed by atoms with van der Waals surface area (Å²) in [6.07, 6.45) is 8.18. The van der Waals surface area contributed by atoms with Crippen LogP contribution in [0.5, 0.6) is 5.75 Å². The third-order valence-electron chi connectivity index (χ3n) is 8.71. The molecule has 2 aromatic carbocycles. The summed E-state index contributed by atoms with van der Waals surface area (Å²) in [4.78, 5) is 45.6. The second-order valence-corrected chi connectivity index (χ2v) is 10.8. The summed E-state index contributed by atoms with van der Waals surface area (Å²) in [5, 5.41) is 2.37. The van der Waals surface area contributed by atoms with E-state index in [0.29, 0.717) is 25.1 Å². The maximum absolute atomic E-state index is 13.2. The maximum Gasteiger partial charge on any atom is 0.255 e. The Morgan fingerprint density at radius 2 is 1.92 bits per heavy atom. The molecular formula is C29H29N5O4. The van der Waals surface area contributed by atoms with Gasteiger partial charge in [0.2, 0.25) is 11.8 Å². The number of hydrogen-bond acceptors (Lipinski definition) is 6. The first-order chi connectivity index (χ1) is 18.5. The molecule has 1 atom stereocenters. The van der Waals surface area contributed by atoms with Gasteiger partial charge in [0.1, 0.15) is 11.8 Å². The lowest BCUT2D eigenvalue weighted by Gasteiger charge is -2.38. The number of hydrogen-bond donors (Lipinski definition) is 1. The molecule has 1 N–H and O–H groups in total. The van der Waals surface area contributed by atoms with E-state index in [-0.39, 0.29) is 23.7 Å². The molecule has 2 fully saturated rings. The molecule has 5 heterocycles. The highest BCUT2D eigenvalue weighted by Gasteiger charge is 2.47. The Bertz CT molecular complexity index is 1440. The summed E-state index contributed by atoms with van der Waals surface area (Å²) in [6, 6.07) is 11.8. The number of benzene rings is 2. The number of ether oxygens (including phenoxy) is 1. The highest BCUT2D eigenvalue weighted by Crippen LogP contribution is 2.49. The van der Waals surface area contributed by atoms with Crippen molar-refractivity contribution < 1.29 is 19.1 Å². The first-order valence-electron chi connectivity index (χ1n) is 13.2. The third kappa shape index (κ3) is 3.64. The van der Waals surface area contributed by atoms with Crippen molar-refractivity contribution in [2.75, 3.05) is 19.7 Å². The number of nitrogens with one attached hydrogen (secondary N) is 1. The molecule has 0 aliphatic carbocycles. The molecule has 4 aliphatic heterocycles. The van der Waals surface area contributed by atoms with Crippen molar-refractivity contribution >= 4 is 17.7 Å². The zero-order valence-corrected chi connectivity index (χ0v) is 21.1. The van der Waals surface area contributed by atoms with Gasteiger partial charge in [-0.2, -0.15) is 0 Å². The van der Waals surface area contributed by atoms with Crippen molar-refractivity contribution in [2.24, 2.45) is 0 Å². The van der Waals surface area contributed by atoms with Crippen molar-refractivity contribution in [3.05, 3.63) is 77.4 Å². The quantitative estimate of drug-likeness (QED) is 0.541. The predicted octanol–water partition coefficient (Wildman–Crippen LogP) is 2.56. The molecule has 2 saturated heterocycles. The van der Waals surface area contributed by atoms with Gasteiger partial charge in [-0.1, -0.05) is 24.3 Å². The van der Waals surface area contributed by atoms with Gasteiger partial charge in [-0.05, 0) is 50.0 Å². The number of fused-ring (bicyclic) bond motifs is 4. The fraction of sp³-hybridized carbons (Fsp3) is 0.379. The Kier molecular flexibility index (Phi) is 5.36. The van der Waals surface area contributed by atoms with Gasteiger partial charge in [0.15, 0.2) is 0 Å². The lowest BCUT2D eigenvalue weighted by atomic mass is 9.74. The molecule has 3 amide bonds. The van der Waals surface area contributed by atoms with Crippen LogP contribution in [0.25, 0.3) is 5.69 Å². The second-order valence-electron chi connectivity index (χ2n) is 10.8. The Hall–Kier alpha value is -3.98. The number of imide groups is 1. The monoisotopic (exact) mass is 511 g/mol. The number of para-hydroxylation sites is 1. The van der Waals surface area contributed by atoms with Crippen molar-refractivity contribution in [1.82, 2.24) is 24.7 Å². The number of carbonyl (C=O) groups is 3. The number of carbonyl (C=O) groups excluding carboxylic acids is 3. The van der Waals surface area contributed by atoms with Crippen LogP contribution in [0.1, 0.15) is 52.7 Å². The summed E-state index contributed by atoms with van der Waals surface area (Å²) in [7, 11) is 0. The molecule has 9 heteroatoms. The van der Waals surface area contributed by atoms with Crippen LogP contribution in [0.4, 0.5) is 0 Å². The Morgan fingerprint density at radius 3 is 2.71 bits per heavy atom. The summed E-state index contributed by atoms with van der Waals surface area (Å²) in [6.45, 7) is 3.75. The first-order valence-corrected chi connectivity index (χ1v) is 13.2. The van der Waals surface area contributed by atoms with Gasteiger partial charge < -0.3 is 14.2 Å². The molecule has 9 nitrogen and oxygen atoms in total. The third-order valence-corrected chi connectivity index (χ3v) is 8.71. The number of rotatable bonds is 4. The van der Waals surface area contributed by atoms with Gasteiger partial charge in [0, 0.05) is 47.5 Å². The molecule has 0 saturated carbocycles. The van der Waals surface area contributed by atoms with Gasteiger partial charge in [0.05, 0.1) is 25.2 Å². The van der Waals surface area contributed by atoms with Gasteiger partial charge >= 0.3 is 0 Å². The van der Waals surface area contributed by atoms with Crippen molar-refractivity contribution in [3.63, 3.8) is 0 Å². The van der Waals surface area contributed by atoms with E-state index in [1.54, 1.807) is 11.1 Å². The van der Waals surface area contributed by atoms with Gasteiger partial charge in [-0.25, -0.2) is 4.98 Å². The topological polar surface area (TPSA) is 96.8 Å². The molecular weight excluding hydrogens is 482 g/mol. The van der Waals surface area contributed by atoms with Gasteiger partial charge in [-0.15, -0.1) is 0 Å². The standard InChI is InChI=1S/C29H29N5O4/c35-25-8-7-24(27(36)31-25)34-16-21-20(28(34)37)5-6-22-26(21)38-17-29(22)9-12-32(13-10-29)15-19-3-1-2-4-23(19)33-14-11-30-18-33/h1-6,11,14,18,24H,7-10,12-13,15-17H2,(H,31,35,36). The van der Waals surface area contributed by atoms with Crippen LogP contribution >= 0.6 is 0 Å². The number of amides is 3. The van der Waals surface area contributed by atoms with Crippen molar-refractivity contribution in [1.29, 1.82) is 0 Å². The smallest absolute Gasteiger partial charge is 0.255 e. The molecule has 4 aliphatic rings. The van der Waals surface area contributed by atoms with Crippen molar-refractivity contribution in [2.45, 2.75) is 50.2 Å². The average Bonchev–Trinajstić information content (AvgIpc) is 3.65. The van der Waals surface area contributed by atoms with Crippen LogP contribution in [0, 0.1) is 0 Å². The Labute approximate surface area is 220 Å². The number of aromatic nitrogens is 2. The lowest BCUT2D eigenvalue weighted by Crippen LogP contribution is -2.52. The van der Waals surface area contributed by atoms with E-state index in [1.165, 1.54) is 11.1 Å². The molecule has 1 aromatic heterocycles. The predicted molar refractivity (Wildman–Crippen MR) is 138 cm³/mol. The van der Waals surface area contributed by atoms with E-state index in [1.807, 2.05) is 18.6 Å². The van der Waals surface area contributed by atoms with Gasteiger partial charge in [-0.3, -0.25) is 24.6 Å². The Balaban J connectivity index is 1.08. The van der Waals surface area contributed by atoms with Crippen LogP contribution in [0.15, 0.2) is 55.1 Å². The molecule has 3 aromatic rings. The largest absolute Gasteiger partial charge is 0.492 e. The van der Waals surface area contributed by atoms with E-state index >= 15 is 0 Å². The van der Waals surface area contributed by atoms with Crippen LogP contribution in [0.2, 0.25) is 0 Å². The zero-order valence-electron chi connectivity index (χ0n) is 21.1. The zero-order chi connectivity index (χ0) is 25.9. The summed E-state index contributed by atoms with van der Waals surface area (Å²) >= 11 is 0. The molecule has 0 radical (unpaired) electrons. The number of nitrogens with zero attached hydrogens (tertiary/aromatic N) is 4. The minimum Gasteiger partial charge on any atom is -0.492 e. The number of piperidine rings is 2. The van der Waals surface area contributed by atoms with Crippen molar-refractivity contribution in [3.8, 4) is 11.4 Å². The normalized spacial score (nSPS) is 22.4. The molecule has 1 spiro atoms. The number of likely N-dealkylation sites (tertiary alicyclic amines) is 1. The van der Waals surface area contributed by atoms with E-state index in [4.69, 9.17) is 4.74 Å². The number of imidazole rings is 1. The average molecular weight is 512 g/mol. The second kappa shape index (κ2) is 8.80. The van der Waals surface area contributed by atoms with E-state index in [9.17, 15) is 14.4 Å². The fourth-order valence-corrected chi connectivity index (χ4v) is 6.58. The van der Waals surface area contributed by atoms with E-state index in [0.717, 1.165) is 49.5 Å². The first kappa shape index (κ1) is 23.2.